The van der Waals surface area contributed by atoms with Crippen molar-refractivity contribution in [3.63, 3.8) is 0 Å². The maximum atomic E-state index is 12.8. The normalized spacial score (nSPS) is 27.0. The topological polar surface area (TPSA) is 71.7 Å². The number of aromatic nitrogens is 2. The quantitative estimate of drug-likeness (QED) is 0.833. The molecule has 3 heterocycles. The SMILES string of the molecule is Cc1nc(CN2CCCN(C(=O)C3CCCOC3C)CC2)no1. The molecule has 1 aromatic rings. The third-order valence-corrected chi connectivity index (χ3v) is 4.76. The summed E-state index contributed by atoms with van der Waals surface area (Å²) >= 11 is 0. The highest BCUT2D eigenvalue weighted by Gasteiger charge is 2.32. The zero-order chi connectivity index (χ0) is 16.2. The number of carbonyl (C=O) groups excluding carboxylic acids is 1. The molecule has 0 aromatic carbocycles. The van der Waals surface area contributed by atoms with E-state index in [2.05, 4.69) is 15.0 Å². The summed E-state index contributed by atoms with van der Waals surface area (Å²) in [5.74, 6) is 1.60. The molecule has 0 bridgehead atoms. The molecule has 0 spiro atoms. The Balaban J connectivity index is 1.54. The van der Waals surface area contributed by atoms with E-state index in [4.69, 9.17) is 9.26 Å². The van der Waals surface area contributed by atoms with Crippen LogP contribution in [-0.4, -0.2) is 64.7 Å². The molecule has 3 rings (SSSR count). The molecule has 7 heteroatoms. The second-order valence-corrected chi connectivity index (χ2v) is 6.51. The molecule has 2 aliphatic heterocycles. The van der Waals surface area contributed by atoms with Crippen molar-refractivity contribution in [2.75, 3.05) is 32.8 Å². The largest absolute Gasteiger partial charge is 0.378 e. The highest BCUT2D eigenvalue weighted by Crippen LogP contribution is 2.23. The van der Waals surface area contributed by atoms with Crippen LogP contribution in [0.5, 0.6) is 0 Å². The summed E-state index contributed by atoms with van der Waals surface area (Å²) in [6, 6.07) is 0. The van der Waals surface area contributed by atoms with E-state index >= 15 is 0 Å². The van der Waals surface area contributed by atoms with Crippen molar-refractivity contribution in [3.8, 4) is 0 Å². The molecule has 128 valence electrons. The minimum Gasteiger partial charge on any atom is -0.378 e. The summed E-state index contributed by atoms with van der Waals surface area (Å²) in [6.45, 7) is 8.67. The van der Waals surface area contributed by atoms with Crippen LogP contribution < -0.4 is 0 Å². The molecular weight excluding hydrogens is 296 g/mol. The Kier molecular flexibility index (Phi) is 5.27. The zero-order valence-corrected chi connectivity index (χ0v) is 14.0. The van der Waals surface area contributed by atoms with Crippen LogP contribution in [0.4, 0.5) is 0 Å². The van der Waals surface area contributed by atoms with Gasteiger partial charge in [0.15, 0.2) is 5.82 Å². The Hall–Kier alpha value is -1.47. The van der Waals surface area contributed by atoms with Gasteiger partial charge in [0.25, 0.3) is 0 Å². The molecular formula is C16H26N4O3. The van der Waals surface area contributed by atoms with Crippen molar-refractivity contribution in [1.29, 1.82) is 0 Å². The van der Waals surface area contributed by atoms with Crippen molar-refractivity contribution in [2.45, 2.75) is 45.8 Å². The van der Waals surface area contributed by atoms with Crippen molar-refractivity contribution in [2.24, 2.45) is 5.92 Å². The predicted molar refractivity (Wildman–Crippen MR) is 83.6 cm³/mol. The fraction of sp³-hybridized carbons (Fsp3) is 0.812. The molecule has 7 nitrogen and oxygen atoms in total. The summed E-state index contributed by atoms with van der Waals surface area (Å²) in [7, 11) is 0. The van der Waals surface area contributed by atoms with Crippen LogP contribution in [0.25, 0.3) is 0 Å². The van der Waals surface area contributed by atoms with Crippen molar-refractivity contribution in [3.05, 3.63) is 11.7 Å². The van der Waals surface area contributed by atoms with E-state index in [9.17, 15) is 4.79 Å². The van der Waals surface area contributed by atoms with Gasteiger partial charge in [0, 0.05) is 39.7 Å². The second-order valence-electron chi connectivity index (χ2n) is 6.51. The Morgan fingerprint density at radius 2 is 2.13 bits per heavy atom. The summed E-state index contributed by atoms with van der Waals surface area (Å²) in [6.07, 6.45) is 2.95. The lowest BCUT2D eigenvalue weighted by atomic mass is 9.94. The van der Waals surface area contributed by atoms with E-state index in [1.807, 2.05) is 11.8 Å². The van der Waals surface area contributed by atoms with Gasteiger partial charge in [-0.05, 0) is 26.2 Å². The number of nitrogens with zero attached hydrogens (tertiary/aromatic N) is 4. The molecule has 2 unspecified atom stereocenters. The van der Waals surface area contributed by atoms with E-state index in [0.717, 1.165) is 57.9 Å². The van der Waals surface area contributed by atoms with Gasteiger partial charge >= 0.3 is 0 Å². The number of rotatable bonds is 3. The van der Waals surface area contributed by atoms with Gasteiger partial charge in [-0.25, -0.2) is 0 Å². The lowest BCUT2D eigenvalue weighted by Crippen LogP contribution is -2.44. The third kappa shape index (κ3) is 4.09. The fourth-order valence-corrected chi connectivity index (χ4v) is 3.44. The van der Waals surface area contributed by atoms with Gasteiger partial charge in [-0.3, -0.25) is 9.69 Å². The molecule has 2 atom stereocenters. The number of amides is 1. The van der Waals surface area contributed by atoms with Gasteiger partial charge in [0.2, 0.25) is 11.8 Å². The maximum absolute atomic E-state index is 12.8. The molecule has 2 fully saturated rings. The van der Waals surface area contributed by atoms with Crippen LogP contribution in [0.3, 0.4) is 0 Å². The van der Waals surface area contributed by atoms with Gasteiger partial charge in [-0.15, -0.1) is 0 Å². The molecule has 0 N–H and O–H groups in total. The van der Waals surface area contributed by atoms with Crippen molar-refractivity contribution >= 4 is 5.91 Å². The monoisotopic (exact) mass is 322 g/mol. The zero-order valence-electron chi connectivity index (χ0n) is 14.0. The number of ether oxygens (including phenoxy) is 1. The Bertz CT molecular complexity index is 533. The Morgan fingerprint density at radius 3 is 2.87 bits per heavy atom. The molecule has 1 amide bonds. The number of hydrogen-bond donors (Lipinski definition) is 0. The van der Waals surface area contributed by atoms with Crippen LogP contribution in [0.1, 0.15) is 37.9 Å². The van der Waals surface area contributed by atoms with Crippen LogP contribution in [0.15, 0.2) is 4.52 Å². The second kappa shape index (κ2) is 7.40. The summed E-state index contributed by atoms with van der Waals surface area (Å²) in [5, 5.41) is 3.95. The van der Waals surface area contributed by atoms with Gasteiger partial charge in [0.1, 0.15) is 0 Å². The third-order valence-electron chi connectivity index (χ3n) is 4.76. The van der Waals surface area contributed by atoms with E-state index < -0.39 is 0 Å². The van der Waals surface area contributed by atoms with E-state index in [1.54, 1.807) is 6.92 Å². The van der Waals surface area contributed by atoms with Gasteiger partial charge in [-0.1, -0.05) is 5.16 Å². The summed E-state index contributed by atoms with van der Waals surface area (Å²) < 4.78 is 10.7. The van der Waals surface area contributed by atoms with E-state index in [-0.39, 0.29) is 17.9 Å². The number of carbonyl (C=O) groups is 1. The van der Waals surface area contributed by atoms with Crippen molar-refractivity contribution in [1.82, 2.24) is 19.9 Å². The van der Waals surface area contributed by atoms with Gasteiger partial charge in [0.05, 0.1) is 18.6 Å². The van der Waals surface area contributed by atoms with Gasteiger partial charge in [-0.2, -0.15) is 4.98 Å². The maximum Gasteiger partial charge on any atom is 0.228 e. The average Bonchev–Trinajstić information content (AvgIpc) is 2.81. The van der Waals surface area contributed by atoms with Gasteiger partial charge < -0.3 is 14.2 Å². The minimum atomic E-state index is 0.0233. The van der Waals surface area contributed by atoms with Crippen LogP contribution in [-0.2, 0) is 16.1 Å². The molecule has 1 aromatic heterocycles. The first-order valence-electron chi connectivity index (χ1n) is 8.55. The first kappa shape index (κ1) is 16.4. The molecule has 0 radical (unpaired) electrons. The van der Waals surface area contributed by atoms with Crippen LogP contribution >= 0.6 is 0 Å². The molecule has 0 aliphatic carbocycles. The van der Waals surface area contributed by atoms with E-state index in [0.29, 0.717) is 12.4 Å². The highest BCUT2D eigenvalue weighted by atomic mass is 16.5. The standard InChI is InChI=1S/C16H26N4O3/c1-12-14(5-3-10-22-12)16(21)20-7-4-6-19(8-9-20)11-15-17-13(2)23-18-15/h12,14H,3-11H2,1-2H3. The van der Waals surface area contributed by atoms with E-state index in [1.165, 1.54) is 0 Å². The molecule has 23 heavy (non-hydrogen) atoms. The molecule has 2 saturated heterocycles. The first-order valence-corrected chi connectivity index (χ1v) is 8.55. The smallest absolute Gasteiger partial charge is 0.228 e. The number of aryl methyl sites for hydroxylation is 1. The highest BCUT2D eigenvalue weighted by molar-refractivity contribution is 5.79. The Morgan fingerprint density at radius 1 is 1.26 bits per heavy atom. The lowest BCUT2D eigenvalue weighted by Gasteiger charge is -2.32. The van der Waals surface area contributed by atoms with Crippen molar-refractivity contribution < 1.29 is 14.1 Å². The van der Waals surface area contributed by atoms with Crippen LogP contribution in [0.2, 0.25) is 0 Å². The summed E-state index contributed by atoms with van der Waals surface area (Å²) in [5.41, 5.74) is 0. The first-order chi connectivity index (χ1) is 11.1. The summed E-state index contributed by atoms with van der Waals surface area (Å²) in [4.78, 5) is 21.3. The predicted octanol–water partition coefficient (Wildman–Crippen LogP) is 1.23. The molecule has 0 saturated carbocycles. The average molecular weight is 322 g/mol. The lowest BCUT2D eigenvalue weighted by molar-refractivity contribution is -0.143. The number of hydrogen-bond acceptors (Lipinski definition) is 6. The minimum absolute atomic E-state index is 0.0233. The molecule has 2 aliphatic rings. The Labute approximate surface area is 137 Å². The van der Waals surface area contributed by atoms with Crippen LogP contribution in [0, 0.1) is 12.8 Å². The fourth-order valence-electron chi connectivity index (χ4n) is 3.44.